The van der Waals surface area contributed by atoms with E-state index in [1.54, 1.807) is 19.9 Å². The number of esters is 1. The van der Waals surface area contributed by atoms with Gasteiger partial charge < -0.3 is 19.3 Å². The quantitative estimate of drug-likeness (QED) is 0.469. The van der Waals surface area contributed by atoms with Gasteiger partial charge >= 0.3 is 11.9 Å². The van der Waals surface area contributed by atoms with Gasteiger partial charge in [0.05, 0.1) is 12.7 Å². The molecule has 1 N–H and O–H groups in total. The van der Waals surface area contributed by atoms with Gasteiger partial charge in [0.2, 0.25) is 6.29 Å². The molecule has 0 amide bonds. The largest absolute Gasteiger partial charge is 0.478 e. The lowest BCUT2D eigenvalue weighted by Crippen LogP contribution is -2.08. The Hall–Kier alpha value is -1.66. The molecule has 2 rings (SSSR count). The third-order valence-electron chi connectivity index (χ3n) is 2.65. The van der Waals surface area contributed by atoms with E-state index in [2.05, 4.69) is 6.58 Å². The minimum Gasteiger partial charge on any atom is -0.478 e. The van der Waals surface area contributed by atoms with Crippen LogP contribution in [0.1, 0.15) is 27.2 Å². The maximum absolute atomic E-state index is 10.7. The summed E-state index contributed by atoms with van der Waals surface area (Å²) in [5, 5.41) is 8.41. The lowest BCUT2D eigenvalue weighted by atomic mass is 10.2. The molecule has 3 unspecified atom stereocenters. The predicted molar refractivity (Wildman–Crippen MR) is 71.0 cm³/mol. The van der Waals surface area contributed by atoms with Crippen molar-refractivity contribution in [2.45, 2.75) is 45.7 Å². The molecular formula is C14H20O6. The first-order valence-electron chi connectivity index (χ1n) is 6.35. The van der Waals surface area contributed by atoms with Gasteiger partial charge in [0.25, 0.3) is 0 Å². The number of rotatable bonds is 5. The van der Waals surface area contributed by atoms with Gasteiger partial charge in [-0.3, -0.25) is 0 Å². The fraction of sp³-hybridized carbons (Fsp3) is 0.571. The van der Waals surface area contributed by atoms with Gasteiger partial charge in [0.15, 0.2) is 0 Å². The summed E-state index contributed by atoms with van der Waals surface area (Å²) in [4.78, 5) is 21.0. The highest BCUT2D eigenvalue weighted by Gasteiger charge is 2.38. The molecule has 20 heavy (non-hydrogen) atoms. The highest BCUT2D eigenvalue weighted by atomic mass is 16.8. The molecule has 6 nitrogen and oxygen atoms in total. The maximum atomic E-state index is 10.7. The fourth-order valence-electron chi connectivity index (χ4n) is 1.10. The average Bonchev–Trinajstić information content (AvgIpc) is 3.26. The van der Waals surface area contributed by atoms with Gasteiger partial charge in [0, 0.05) is 11.1 Å². The Balaban J connectivity index is 0.000000200. The van der Waals surface area contributed by atoms with Crippen molar-refractivity contribution >= 4 is 11.9 Å². The second-order valence-corrected chi connectivity index (χ2v) is 4.78. The number of carboxylic acid groups (broad SMARTS) is 1. The van der Waals surface area contributed by atoms with E-state index in [4.69, 9.17) is 19.3 Å². The SMILES string of the molecule is C=C(C)C(=O)OC1OC1C.CC(=CCC1CO1)C(=O)O. The van der Waals surface area contributed by atoms with E-state index >= 15 is 0 Å². The van der Waals surface area contributed by atoms with Crippen LogP contribution in [0.15, 0.2) is 23.8 Å². The van der Waals surface area contributed by atoms with Crippen molar-refractivity contribution in [2.24, 2.45) is 0 Å². The first-order chi connectivity index (χ1) is 9.31. The summed E-state index contributed by atoms with van der Waals surface area (Å²) in [5.74, 6) is -1.23. The molecule has 0 aromatic rings. The molecule has 0 bridgehead atoms. The first kappa shape index (κ1) is 16.4. The van der Waals surface area contributed by atoms with E-state index in [1.165, 1.54) is 0 Å². The van der Waals surface area contributed by atoms with Crippen molar-refractivity contribution in [3.05, 3.63) is 23.8 Å². The zero-order valence-electron chi connectivity index (χ0n) is 11.9. The van der Waals surface area contributed by atoms with Crippen molar-refractivity contribution in [2.75, 3.05) is 6.61 Å². The molecule has 3 atom stereocenters. The van der Waals surface area contributed by atoms with E-state index in [0.717, 1.165) is 13.0 Å². The summed E-state index contributed by atoms with van der Waals surface area (Å²) in [6.07, 6.45) is 2.44. The van der Waals surface area contributed by atoms with Gasteiger partial charge in [-0.05, 0) is 27.2 Å². The molecule has 0 aromatic carbocycles. The Morgan fingerprint density at radius 3 is 2.35 bits per heavy atom. The summed E-state index contributed by atoms with van der Waals surface area (Å²) in [5.41, 5.74) is 0.804. The van der Waals surface area contributed by atoms with Crippen molar-refractivity contribution in [1.29, 1.82) is 0 Å². The molecule has 2 fully saturated rings. The van der Waals surface area contributed by atoms with Gasteiger partial charge in [0.1, 0.15) is 6.10 Å². The van der Waals surface area contributed by atoms with E-state index in [1.807, 2.05) is 6.92 Å². The number of carbonyl (C=O) groups excluding carboxylic acids is 1. The Kier molecular flexibility index (Phi) is 5.91. The summed E-state index contributed by atoms with van der Waals surface area (Å²) >= 11 is 0. The van der Waals surface area contributed by atoms with Crippen LogP contribution in [0.3, 0.4) is 0 Å². The number of hydrogen-bond donors (Lipinski definition) is 1. The Morgan fingerprint density at radius 1 is 1.45 bits per heavy atom. The van der Waals surface area contributed by atoms with Crippen LogP contribution in [0.5, 0.6) is 0 Å². The molecular weight excluding hydrogens is 264 g/mol. The van der Waals surface area contributed by atoms with Crippen molar-refractivity contribution in [3.63, 3.8) is 0 Å². The van der Waals surface area contributed by atoms with Gasteiger partial charge in [-0.25, -0.2) is 9.59 Å². The fourth-order valence-corrected chi connectivity index (χ4v) is 1.10. The first-order valence-corrected chi connectivity index (χ1v) is 6.35. The topological polar surface area (TPSA) is 88.7 Å². The van der Waals surface area contributed by atoms with Gasteiger partial charge in [-0.2, -0.15) is 0 Å². The van der Waals surface area contributed by atoms with Crippen LogP contribution in [0.2, 0.25) is 0 Å². The van der Waals surface area contributed by atoms with Crippen LogP contribution < -0.4 is 0 Å². The molecule has 0 saturated carbocycles. The number of aliphatic carboxylic acids is 1. The summed E-state index contributed by atoms with van der Waals surface area (Å²) in [6, 6.07) is 0. The molecule has 6 heteroatoms. The molecule has 2 heterocycles. The van der Waals surface area contributed by atoms with E-state index in [-0.39, 0.29) is 24.5 Å². The van der Waals surface area contributed by atoms with Gasteiger partial charge in [-0.1, -0.05) is 12.7 Å². The van der Waals surface area contributed by atoms with Crippen molar-refractivity contribution in [1.82, 2.24) is 0 Å². The minimum absolute atomic E-state index is 0.0586. The molecule has 0 aromatic heterocycles. The van der Waals surface area contributed by atoms with Crippen LogP contribution >= 0.6 is 0 Å². The molecule has 0 spiro atoms. The van der Waals surface area contributed by atoms with E-state index in [0.29, 0.717) is 11.1 Å². The molecule has 0 aliphatic carbocycles. The standard InChI is InChI=1S/2C7H10O3/c1-4(2)6(8)10-7-5(3)9-7;1-5(7(8)9)2-3-6-4-10-6/h5,7H,1H2,2-3H3;2,6H,3-4H2,1H3,(H,8,9). The summed E-state index contributed by atoms with van der Waals surface area (Å²) in [7, 11) is 0. The number of hydrogen-bond acceptors (Lipinski definition) is 5. The Labute approximate surface area is 118 Å². The monoisotopic (exact) mass is 284 g/mol. The van der Waals surface area contributed by atoms with E-state index < -0.39 is 5.97 Å². The highest BCUT2D eigenvalue weighted by molar-refractivity contribution is 5.87. The van der Waals surface area contributed by atoms with Crippen LogP contribution in [0.25, 0.3) is 0 Å². The zero-order chi connectivity index (χ0) is 15.3. The number of ether oxygens (including phenoxy) is 3. The van der Waals surface area contributed by atoms with Crippen molar-refractivity contribution < 1.29 is 28.9 Å². The second kappa shape index (κ2) is 7.21. The number of epoxide rings is 2. The molecule has 0 radical (unpaired) electrons. The van der Waals surface area contributed by atoms with Crippen LogP contribution in [-0.4, -0.2) is 42.1 Å². The second-order valence-electron chi connectivity index (χ2n) is 4.78. The maximum Gasteiger partial charge on any atom is 0.335 e. The highest BCUT2D eigenvalue weighted by Crippen LogP contribution is 2.22. The zero-order valence-corrected chi connectivity index (χ0v) is 11.9. The van der Waals surface area contributed by atoms with Crippen LogP contribution in [0, 0.1) is 0 Å². The molecule has 2 aliphatic rings. The third-order valence-corrected chi connectivity index (χ3v) is 2.65. The van der Waals surface area contributed by atoms with Gasteiger partial charge in [-0.15, -0.1) is 0 Å². The minimum atomic E-state index is -0.847. The van der Waals surface area contributed by atoms with Crippen molar-refractivity contribution in [3.8, 4) is 0 Å². The lowest BCUT2D eigenvalue weighted by Gasteiger charge is -1.97. The number of carboxylic acids is 1. The summed E-state index contributed by atoms with van der Waals surface area (Å²) < 4.78 is 14.5. The third kappa shape index (κ3) is 6.49. The van der Waals surface area contributed by atoms with Crippen LogP contribution in [0.4, 0.5) is 0 Å². The smallest absolute Gasteiger partial charge is 0.335 e. The normalized spacial score (nSPS) is 26.9. The Bertz CT molecular complexity index is 421. The Morgan fingerprint density at radius 2 is 2.00 bits per heavy atom. The molecule has 2 saturated heterocycles. The molecule has 112 valence electrons. The average molecular weight is 284 g/mol. The van der Waals surface area contributed by atoms with E-state index in [9.17, 15) is 9.59 Å². The van der Waals surface area contributed by atoms with Crippen LogP contribution in [-0.2, 0) is 23.8 Å². The lowest BCUT2D eigenvalue weighted by molar-refractivity contribution is -0.143. The summed E-state index contributed by atoms with van der Waals surface area (Å²) in [6.45, 7) is 9.25. The predicted octanol–water partition coefficient (Wildman–Crippen LogP) is 1.66. The number of carbonyl (C=O) groups is 2. The molecule has 2 aliphatic heterocycles.